The van der Waals surface area contributed by atoms with Crippen molar-refractivity contribution in [3.8, 4) is 0 Å². The van der Waals surface area contributed by atoms with E-state index >= 15 is 0 Å². The summed E-state index contributed by atoms with van der Waals surface area (Å²) in [5, 5.41) is 0. The van der Waals surface area contributed by atoms with Crippen molar-refractivity contribution in [3.63, 3.8) is 0 Å². The molecule has 0 saturated carbocycles. The first kappa shape index (κ1) is 26.6. The van der Waals surface area contributed by atoms with E-state index in [2.05, 4.69) is 18.7 Å². The normalized spacial score (nSPS) is 13.5. The number of methoxy groups -OCH3 is 1. The van der Waals surface area contributed by atoms with Crippen molar-refractivity contribution in [2.24, 2.45) is 0 Å². The number of rotatable bonds is 8. The third-order valence-electron chi connectivity index (χ3n) is 2.55. The molecule has 0 radical (unpaired) electrons. The van der Waals surface area contributed by atoms with E-state index in [0.717, 1.165) is 26.1 Å². The van der Waals surface area contributed by atoms with Gasteiger partial charge in [0.25, 0.3) is 0 Å². The molecule has 0 fully saturated rings. The molecule has 0 aromatic rings. The topological polar surface area (TPSA) is 92.8 Å². The van der Waals surface area contributed by atoms with Crippen LogP contribution in [0.4, 0.5) is 26.3 Å². The van der Waals surface area contributed by atoms with Crippen molar-refractivity contribution in [1.29, 1.82) is 0 Å². The molecule has 0 unspecified atom stereocenters. The standard InChI is InChI=1S/C8H19NO.C2HF6NO4S2/c1-4-9(5-2)7-6-8-10-3;3-1(4,5)14(10,11)9-15(12,13)2(6,7)8/h4-8H2,1-3H3;9H. The molecule has 0 bridgehead atoms. The first-order chi connectivity index (χ1) is 11.1. The van der Waals surface area contributed by atoms with Crippen LogP contribution in [-0.4, -0.2) is 66.1 Å². The highest BCUT2D eigenvalue weighted by Gasteiger charge is 2.55. The smallest absolute Gasteiger partial charge is 0.385 e. The maximum absolute atomic E-state index is 11.5. The van der Waals surface area contributed by atoms with Crippen LogP contribution in [0.2, 0.25) is 0 Å². The number of hydrogen-bond donors (Lipinski definition) is 1. The predicted molar refractivity (Wildman–Crippen MR) is 77.4 cm³/mol. The van der Waals surface area contributed by atoms with Gasteiger partial charge in [0.05, 0.1) is 0 Å². The van der Waals surface area contributed by atoms with E-state index in [4.69, 9.17) is 4.74 Å². The Morgan fingerprint density at radius 2 is 1.24 bits per heavy atom. The van der Waals surface area contributed by atoms with Crippen LogP contribution in [0, 0.1) is 0 Å². The van der Waals surface area contributed by atoms with Gasteiger partial charge < -0.3 is 9.64 Å². The highest BCUT2D eigenvalue weighted by molar-refractivity contribution is 8.05. The molecule has 0 saturated heterocycles. The quantitative estimate of drug-likeness (QED) is 0.469. The highest BCUT2D eigenvalue weighted by atomic mass is 32.3. The van der Waals surface area contributed by atoms with Crippen molar-refractivity contribution in [2.75, 3.05) is 33.4 Å². The average Bonchev–Trinajstić information content (AvgIpc) is 2.41. The van der Waals surface area contributed by atoms with Crippen molar-refractivity contribution in [3.05, 3.63) is 0 Å². The molecular weight excluding hydrogens is 406 g/mol. The zero-order chi connectivity index (χ0) is 20.5. The van der Waals surface area contributed by atoms with Crippen molar-refractivity contribution in [2.45, 2.75) is 31.3 Å². The molecular formula is C10H20F6N2O5S2. The summed E-state index contributed by atoms with van der Waals surface area (Å²) in [7, 11) is -11.4. The van der Waals surface area contributed by atoms with Crippen molar-refractivity contribution >= 4 is 20.0 Å². The molecule has 0 atom stereocenters. The Balaban J connectivity index is 0. The van der Waals surface area contributed by atoms with Crippen LogP contribution in [0.1, 0.15) is 20.3 Å². The summed E-state index contributed by atoms with van der Waals surface area (Å²) in [6.07, 6.45) is 1.15. The maximum Gasteiger partial charge on any atom is 0.512 e. The fraction of sp³-hybridized carbons (Fsp3) is 1.00. The van der Waals surface area contributed by atoms with E-state index in [1.54, 1.807) is 7.11 Å². The number of halogens is 6. The largest absolute Gasteiger partial charge is 0.512 e. The van der Waals surface area contributed by atoms with Crippen LogP contribution in [0.5, 0.6) is 0 Å². The predicted octanol–water partition coefficient (Wildman–Crippen LogP) is 1.64. The van der Waals surface area contributed by atoms with Gasteiger partial charge in [-0.15, -0.1) is 0 Å². The molecule has 154 valence electrons. The number of nitrogens with one attached hydrogen (secondary N) is 1. The number of nitrogens with zero attached hydrogens (tertiary/aromatic N) is 1. The van der Waals surface area contributed by atoms with Gasteiger partial charge in [0.1, 0.15) is 0 Å². The van der Waals surface area contributed by atoms with Gasteiger partial charge in [0.15, 0.2) is 0 Å². The molecule has 1 N–H and O–H groups in total. The Labute approximate surface area is 142 Å². The lowest BCUT2D eigenvalue weighted by molar-refractivity contribution is -0.0476. The first-order valence-corrected chi connectivity index (χ1v) is 9.64. The fourth-order valence-corrected chi connectivity index (χ4v) is 3.12. The second-order valence-corrected chi connectivity index (χ2v) is 7.96. The maximum atomic E-state index is 11.5. The molecule has 0 aromatic carbocycles. The lowest BCUT2D eigenvalue weighted by Crippen LogP contribution is -2.45. The van der Waals surface area contributed by atoms with E-state index in [-0.39, 0.29) is 0 Å². The molecule has 0 heterocycles. The monoisotopic (exact) mass is 426 g/mol. The SMILES string of the molecule is CCN(CC)CCCOC.O=S(=O)(NS(=O)(=O)C(F)(F)F)C(F)(F)F. The van der Waals surface area contributed by atoms with Gasteiger partial charge in [-0.25, -0.2) is 16.8 Å². The third kappa shape index (κ3) is 10.2. The zero-order valence-corrected chi connectivity index (χ0v) is 15.2. The lowest BCUT2D eigenvalue weighted by Gasteiger charge is -2.16. The highest BCUT2D eigenvalue weighted by Crippen LogP contribution is 2.27. The van der Waals surface area contributed by atoms with Crippen molar-refractivity contribution < 1.29 is 47.9 Å². The molecule has 7 nitrogen and oxygen atoms in total. The third-order valence-corrected chi connectivity index (χ3v) is 5.52. The summed E-state index contributed by atoms with van der Waals surface area (Å²) < 4.78 is 113. The van der Waals surface area contributed by atoms with Crippen LogP contribution in [0.3, 0.4) is 0 Å². The summed E-state index contributed by atoms with van der Waals surface area (Å²) >= 11 is 0. The van der Waals surface area contributed by atoms with Gasteiger partial charge in [-0.1, -0.05) is 18.0 Å². The molecule has 0 aliphatic heterocycles. The van der Waals surface area contributed by atoms with Gasteiger partial charge in [0, 0.05) is 20.3 Å². The molecule has 0 aliphatic rings. The minimum Gasteiger partial charge on any atom is -0.385 e. The fourth-order valence-electron chi connectivity index (χ4n) is 1.21. The summed E-state index contributed by atoms with van der Waals surface area (Å²) in [4.78, 5) is 2.40. The average molecular weight is 426 g/mol. The molecule has 0 amide bonds. The second kappa shape index (κ2) is 10.5. The van der Waals surface area contributed by atoms with Crippen LogP contribution in [-0.2, 0) is 24.8 Å². The first-order valence-electron chi connectivity index (χ1n) is 6.68. The number of alkyl halides is 6. The minimum atomic E-state index is -6.60. The Morgan fingerprint density at radius 1 is 0.880 bits per heavy atom. The van der Waals surface area contributed by atoms with E-state index in [1.165, 1.54) is 6.54 Å². The lowest BCUT2D eigenvalue weighted by atomic mass is 10.4. The molecule has 25 heavy (non-hydrogen) atoms. The number of ether oxygens (including phenoxy) is 1. The summed E-state index contributed by atoms with van der Waals surface area (Å²) in [6.45, 7) is 8.74. The van der Waals surface area contributed by atoms with Gasteiger partial charge in [-0.05, 0) is 19.5 Å². The molecule has 0 rings (SSSR count). The summed E-state index contributed by atoms with van der Waals surface area (Å²) in [6, 6.07) is 0. The Kier molecular flexibility index (Phi) is 11.2. The Hall–Kier alpha value is -0.640. The van der Waals surface area contributed by atoms with E-state index in [1.807, 2.05) is 0 Å². The molecule has 15 heteroatoms. The van der Waals surface area contributed by atoms with Gasteiger partial charge in [-0.2, -0.15) is 26.3 Å². The van der Waals surface area contributed by atoms with Crippen LogP contribution in [0.25, 0.3) is 0 Å². The Morgan fingerprint density at radius 3 is 1.48 bits per heavy atom. The van der Waals surface area contributed by atoms with Crippen molar-refractivity contribution in [1.82, 2.24) is 9.03 Å². The van der Waals surface area contributed by atoms with Gasteiger partial charge in [-0.3, -0.25) is 0 Å². The Bertz CT molecular complexity index is 528. The summed E-state index contributed by atoms with van der Waals surface area (Å²) in [5.41, 5.74) is -12.3. The molecule has 0 aromatic heterocycles. The van der Waals surface area contributed by atoms with Crippen LogP contribution in [0.15, 0.2) is 0 Å². The van der Waals surface area contributed by atoms with E-state index < -0.39 is 35.2 Å². The number of hydrogen-bond acceptors (Lipinski definition) is 6. The summed E-state index contributed by atoms with van der Waals surface area (Å²) in [5.74, 6) is 0. The minimum absolute atomic E-state index is 0.493. The van der Waals surface area contributed by atoms with Crippen LogP contribution >= 0.6 is 0 Å². The molecule has 0 aliphatic carbocycles. The number of sulfonamides is 2. The van der Waals surface area contributed by atoms with E-state index in [0.29, 0.717) is 0 Å². The van der Waals surface area contributed by atoms with Crippen LogP contribution < -0.4 is 4.13 Å². The van der Waals surface area contributed by atoms with E-state index in [9.17, 15) is 43.2 Å². The molecule has 0 spiro atoms. The van der Waals surface area contributed by atoms with Gasteiger partial charge in [0.2, 0.25) is 0 Å². The van der Waals surface area contributed by atoms with Gasteiger partial charge >= 0.3 is 31.1 Å². The second-order valence-electron chi connectivity index (χ2n) is 4.35. The zero-order valence-electron chi connectivity index (χ0n) is 13.6.